The molecule has 0 aromatic carbocycles. The molecule has 0 aliphatic rings. The molecule has 0 fully saturated rings. The van der Waals surface area contributed by atoms with E-state index in [4.69, 9.17) is 11.2 Å². The van der Waals surface area contributed by atoms with Crippen LogP contribution in [0.4, 0.5) is 0 Å². The molecule has 4 heteroatoms. The lowest BCUT2D eigenvalue weighted by Crippen LogP contribution is -2.38. The third kappa shape index (κ3) is 9.35. The number of ether oxygens (including phenoxy) is 1. The van der Waals surface area contributed by atoms with Gasteiger partial charge in [0.15, 0.2) is 5.96 Å². The molecule has 0 rings (SSSR count). The van der Waals surface area contributed by atoms with Crippen molar-refractivity contribution in [3.63, 3.8) is 0 Å². The first-order valence-electron chi connectivity index (χ1n) is 5.80. The fraction of sp³-hybridized carbons (Fsp3) is 0.750. The van der Waals surface area contributed by atoms with E-state index in [1.807, 2.05) is 0 Å². The average molecular weight is 225 g/mol. The molecule has 0 saturated carbocycles. The predicted molar refractivity (Wildman–Crippen MR) is 68.5 cm³/mol. The molecule has 0 spiro atoms. The Labute approximate surface area is 98.9 Å². The van der Waals surface area contributed by atoms with Crippen LogP contribution in [0.5, 0.6) is 0 Å². The monoisotopic (exact) mass is 225 g/mol. The lowest BCUT2D eigenvalue weighted by atomic mass is 10.4. The number of aliphatic imine (C=N–C) groups is 1. The van der Waals surface area contributed by atoms with Crippen molar-refractivity contribution in [3.05, 3.63) is 0 Å². The molecule has 0 aliphatic carbocycles. The van der Waals surface area contributed by atoms with Crippen LogP contribution in [0.3, 0.4) is 0 Å². The van der Waals surface area contributed by atoms with Crippen LogP contribution in [-0.4, -0.2) is 39.3 Å². The van der Waals surface area contributed by atoms with Gasteiger partial charge in [0.25, 0.3) is 0 Å². The molecule has 2 N–H and O–H groups in total. The van der Waals surface area contributed by atoms with Gasteiger partial charge in [0.05, 0.1) is 6.54 Å². The zero-order chi connectivity index (χ0) is 12.1. The van der Waals surface area contributed by atoms with Crippen LogP contribution in [0.2, 0.25) is 0 Å². The highest BCUT2D eigenvalue weighted by molar-refractivity contribution is 5.79. The van der Waals surface area contributed by atoms with Crippen LogP contribution in [-0.2, 0) is 4.74 Å². The minimum absolute atomic E-state index is 0.493. The summed E-state index contributed by atoms with van der Waals surface area (Å²) in [5.41, 5.74) is 0. The number of hydrogen-bond donors (Lipinski definition) is 2. The molecule has 0 unspecified atom stereocenters. The Hall–Kier alpha value is -1.21. The van der Waals surface area contributed by atoms with E-state index >= 15 is 0 Å². The van der Waals surface area contributed by atoms with Crippen molar-refractivity contribution in [1.82, 2.24) is 10.6 Å². The second-order valence-electron chi connectivity index (χ2n) is 3.38. The van der Waals surface area contributed by atoms with Gasteiger partial charge in [-0.2, -0.15) is 0 Å². The topological polar surface area (TPSA) is 45.7 Å². The average Bonchev–Trinajstić information content (AvgIpc) is 2.32. The number of nitrogens with one attached hydrogen (secondary N) is 2. The third-order valence-electron chi connectivity index (χ3n) is 1.98. The molecule has 0 aromatic rings. The summed E-state index contributed by atoms with van der Waals surface area (Å²) in [7, 11) is 1.73. The van der Waals surface area contributed by atoms with E-state index < -0.39 is 0 Å². The maximum Gasteiger partial charge on any atom is 0.191 e. The summed E-state index contributed by atoms with van der Waals surface area (Å²) in [6.07, 6.45) is 8.43. The number of guanidine groups is 1. The molecule has 0 bridgehead atoms. The molecule has 0 atom stereocenters. The number of unbranched alkanes of at least 4 members (excludes halogenated alkanes) is 1. The van der Waals surface area contributed by atoms with Crippen LogP contribution in [0.1, 0.15) is 26.2 Å². The van der Waals surface area contributed by atoms with Crippen molar-refractivity contribution in [2.45, 2.75) is 26.2 Å². The molecule has 16 heavy (non-hydrogen) atoms. The van der Waals surface area contributed by atoms with Crippen LogP contribution in [0, 0.1) is 12.3 Å². The normalized spacial score (nSPS) is 10.9. The highest BCUT2D eigenvalue weighted by Gasteiger charge is 1.94. The van der Waals surface area contributed by atoms with Crippen LogP contribution < -0.4 is 10.6 Å². The fourth-order valence-corrected chi connectivity index (χ4v) is 1.08. The van der Waals surface area contributed by atoms with E-state index in [1.54, 1.807) is 7.05 Å². The third-order valence-corrected chi connectivity index (χ3v) is 1.98. The van der Waals surface area contributed by atoms with Gasteiger partial charge in [-0.25, -0.2) is 0 Å². The van der Waals surface area contributed by atoms with Gasteiger partial charge in [-0.1, -0.05) is 19.3 Å². The minimum atomic E-state index is 0.493. The highest BCUT2D eigenvalue weighted by Crippen LogP contribution is 1.88. The van der Waals surface area contributed by atoms with Crippen molar-refractivity contribution >= 4 is 5.96 Å². The quantitative estimate of drug-likeness (QED) is 0.280. The molecule has 0 saturated heterocycles. The highest BCUT2D eigenvalue weighted by atomic mass is 16.5. The van der Waals surface area contributed by atoms with E-state index in [0.717, 1.165) is 38.6 Å². The van der Waals surface area contributed by atoms with Crippen LogP contribution >= 0.6 is 0 Å². The van der Waals surface area contributed by atoms with Gasteiger partial charge < -0.3 is 15.4 Å². The smallest absolute Gasteiger partial charge is 0.191 e. The van der Waals surface area contributed by atoms with Gasteiger partial charge in [-0.3, -0.25) is 4.99 Å². The number of rotatable bonds is 8. The number of terminal acetylenes is 1. The minimum Gasteiger partial charge on any atom is -0.381 e. The Morgan fingerprint density at radius 3 is 2.69 bits per heavy atom. The van der Waals surface area contributed by atoms with Crippen LogP contribution in [0.15, 0.2) is 4.99 Å². The van der Waals surface area contributed by atoms with Crippen molar-refractivity contribution in [2.24, 2.45) is 4.99 Å². The molecule has 4 nitrogen and oxygen atoms in total. The summed E-state index contributed by atoms with van der Waals surface area (Å²) in [6.45, 7) is 5.15. The Morgan fingerprint density at radius 2 is 2.06 bits per heavy atom. The second kappa shape index (κ2) is 11.9. The van der Waals surface area contributed by atoms with Gasteiger partial charge in [0, 0.05) is 26.8 Å². The van der Waals surface area contributed by atoms with E-state index in [9.17, 15) is 0 Å². The summed E-state index contributed by atoms with van der Waals surface area (Å²) in [4.78, 5) is 4.03. The maximum absolute atomic E-state index is 5.44. The zero-order valence-corrected chi connectivity index (χ0v) is 10.4. The summed E-state index contributed by atoms with van der Waals surface area (Å²) >= 11 is 0. The molecule has 0 heterocycles. The van der Waals surface area contributed by atoms with E-state index in [1.165, 1.54) is 6.42 Å². The SMILES string of the molecule is C#CCNC(=NC)NCCCOCCCC. The van der Waals surface area contributed by atoms with Gasteiger partial charge in [-0.15, -0.1) is 6.42 Å². The van der Waals surface area contributed by atoms with Gasteiger partial charge in [-0.05, 0) is 12.8 Å². The molecule has 0 amide bonds. The summed E-state index contributed by atoms with van der Waals surface area (Å²) in [5.74, 6) is 3.24. The van der Waals surface area contributed by atoms with Crippen molar-refractivity contribution in [2.75, 3.05) is 33.4 Å². The largest absolute Gasteiger partial charge is 0.381 e. The molecule has 0 aromatic heterocycles. The standard InChI is InChI=1S/C12H23N3O/c1-4-6-10-16-11-7-9-15-12(13-3)14-8-5-2/h2H,4,6-11H2,1,3H3,(H2,13,14,15). The lowest BCUT2D eigenvalue weighted by Gasteiger charge is -2.09. The lowest BCUT2D eigenvalue weighted by molar-refractivity contribution is 0.129. The van der Waals surface area contributed by atoms with E-state index in [2.05, 4.69) is 28.5 Å². The zero-order valence-electron chi connectivity index (χ0n) is 10.4. The molecule has 0 aliphatic heterocycles. The molecule has 92 valence electrons. The number of nitrogens with zero attached hydrogens (tertiary/aromatic N) is 1. The molecular formula is C12H23N3O. The van der Waals surface area contributed by atoms with Crippen molar-refractivity contribution < 1.29 is 4.74 Å². The van der Waals surface area contributed by atoms with E-state index in [0.29, 0.717) is 6.54 Å². The predicted octanol–water partition coefficient (Wildman–Crippen LogP) is 0.991. The first-order valence-corrected chi connectivity index (χ1v) is 5.80. The number of hydrogen-bond acceptors (Lipinski definition) is 2. The summed E-state index contributed by atoms with van der Waals surface area (Å²) in [6, 6.07) is 0. The first kappa shape index (κ1) is 14.8. The van der Waals surface area contributed by atoms with Gasteiger partial charge in [0.1, 0.15) is 0 Å². The fourth-order valence-electron chi connectivity index (χ4n) is 1.08. The van der Waals surface area contributed by atoms with E-state index in [-0.39, 0.29) is 0 Å². The Kier molecular flexibility index (Phi) is 11.0. The first-order chi connectivity index (χ1) is 7.85. The van der Waals surface area contributed by atoms with Crippen molar-refractivity contribution in [1.29, 1.82) is 0 Å². The maximum atomic E-state index is 5.44. The summed E-state index contributed by atoms with van der Waals surface area (Å²) in [5, 5.41) is 6.15. The van der Waals surface area contributed by atoms with Crippen molar-refractivity contribution in [3.8, 4) is 12.3 Å². The molecule has 0 radical (unpaired) electrons. The van der Waals surface area contributed by atoms with Crippen LogP contribution in [0.25, 0.3) is 0 Å². The Balaban J connectivity index is 3.32. The Bertz CT molecular complexity index is 221. The van der Waals surface area contributed by atoms with Gasteiger partial charge in [0.2, 0.25) is 0 Å². The summed E-state index contributed by atoms with van der Waals surface area (Å²) < 4.78 is 5.44. The Morgan fingerprint density at radius 1 is 1.31 bits per heavy atom. The molecular weight excluding hydrogens is 202 g/mol. The van der Waals surface area contributed by atoms with Gasteiger partial charge >= 0.3 is 0 Å². The second-order valence-corrected chi connectivity index (χ2v) is 3.38.